The molecule has 0 amide bonds. The lowest BCUT2D eigenvalue weighted by Crippen LogP contribution is -2.44. The summed E-state index contributed by atoms with van der Waals surface area (Å²) in [6, 6.07) is 0. The zero-order valence-corrected chi connectivity index (χ0v) is 10.2. The Kier molecular flexibility index (Phi) is 5.61. The summed E-state index contributed by atoms with van der Waals surface area (Å²) < 4.78 is 27.0. The zero-order valence-electron chi connectivity index (χ0n) is 10.2. The first-order valence-electron chi connectivity index (χ1n) is 5.75. The van der Waals surface area contributed by atoms with Gasteiger partial charge in [0.15, 0.2) is 0 Å². The average Bonchev–Trinajstić information content (AvgIpc) is 2.24. The number of hydrogen-bond acceptors (Lipinski definition) is 0. The lowest BCUT2D eigenvalue weighted by molar-refractivity contribution is -0.0261. The molecule has 2 heteroatoms. The highest BCUT2D eigenvalue weighted by molar-refractivity contribution is 4.91. The zero-order chi connectivity index (χ0) is 11.5. The molecule has 1 rings (SSSR count). The summed E-state index contributed by atoms with van der Waals surface area (Å²) in [5.74, 6) is -0.533. The molecule has 1 aliphatic carbocycles. The van der Waals surface area contributed by atoms with Crippen LogP contribution >= 0.6 is 0 Å². The smallest absolute Gasteiger partial charge is 0.106 e. The molecule has 0 aromatic rings. The van der Waals surface area contributed by atoms with Gasteiger partial charge in [-0.1, -0.05) is 41.5 Å². The summed E-state index contributed by atoms with van der Waals surface area (Å²) in [7, 11) is 0. The molecule has 1 fully saturated rings. The van der Waals surface area contributed by atoms with E-state index < -0.39 is 12.3 Å². The average molecular weight is 206 g/mol. The van der Waals surface area contributed by atoms with Gasteiger partial charge < -0.3 is 0 Å². The molecule has 86 valence electrons. The van der Waals surface area contributed by atoms with E-state index in [0.717, 1.165) is 0 Å². The number of hydrogen-bond donors (Lipinski definition) is 0. The fraction of sp³-hybridized carbons (Fsp3) is 1.00. The standard InChI is InChI=1S/C10H18F2.C2H6/c1-5-6(2)10(12)8(4)7(3)9(5)11;1-2/h5-10H,1-4H3;1-2H3. The van der Waals surface area contributed by atoms with E-state index in [2.05, 4.69) is 0 Å². The first-order valence-corrected chi connectivity index (χ1v) is 5.75. The molecule has 14 heavy (non-hydrogen) atoms. The maximum absolute atomic E-state index is 13.5. The van der Waals surface area contributed by atoms with Gasteiger partial charge >= 0.3 is 0 Å². The van der Waals surface area contributed by atoms with E-state index in [9.17, 15) is 8.78 Å². The van der Waals surface area contributed by atoms with Crippen LogP contribution in [0, 0.1) is 23.7 Å². The first kappa shape index (κ1) is 13.9. The monoisotopic (exact) mass is 206 g/mol. The van der Waals surface area contributed by atoms with Crippen LogP contribution in [0.2, 0.25) is 0 Å². The van der Waals surface area contributed by atoms with Crippen molar-refractivity contribution in [1.29, 1.82) is 0 Å². The molecule has 4 unspecified atom stereocenters. The molecule has 1 saturated carbocycles. The van der Waals surface area contributed by atoms with Crippen LogP contribution in [0.15, 0.2) is 0 Å². The van der Waals surface area contributed by atoms with Gasteiger partial charge in [-0.15, -0.1) is 0 Å². The molecule has 0 spiro atoms. The van der Waals surface area contributed by atoms with Crippen molar-refractivity contribution in [3.8, 4) is 0 Å². The second-order valence-corrected chi connectivity index (χ2v) is 4.33. The molecule has 0 aromatic heterocycles. The predicted molar refractivity (Wildman–Crippen MR) is 57.8 cm³/mol. The molecule has 0 N–H and O–H groups in total. The number of halogens is 2. The molecule has 0 aliphatic heterocycles. The van der Waals surface area contributed by atoms with Crippen molar-refractivity contribution in [3.05, 3.63) is 0 Å². The second kappa shape index (κ2) is 5.67. The van der Waals surface area contributed by atoms with Crippen molar-refractivity contribution in [1.82, 2.24) is 0 Å². The number of rotatable bonds is 0. The van der Waals surface area contributed by atoms with Gasteiger partial charge in [0.25, 0.3) is 0 Å². The Hall–Kier alpha value is -0.140. The third-order valence-corrected chi connectivity index (χ3v) is 3.67. The van der Waals surface area contributed by atoms with E-state index >= 15 is 0 Å². The molecule has 0 saturated heterocycles. The molecule has 0 nitrogen and oxygen atoms in total. The Balaban J connectivity index is 0.000000791. The Bertz CT molecular complexity index is 99.9. The molecule has 1 aliphatic rings. The maximum atomic E-state index is 13.5. The Morgan fingerprint density at radius 1 is 0.571 bits per heavy atom. The van der Waals surface area contributed by atoms with Gasteiger partial charge in [0.1, 0.15) is 12.3 Å². The van der Waals surface area contributed by atoms with Crippen LogP contribution in [0.5, 0.6) is 0 Å². The molecule has 0 bridgehead atoms. The van der Waals surface area contributed by atoms with Crippen molar-refractivity contribution >= 4 is 0 Å². The summed E-state index contributed by atoms with van der Waals surface area (Å²) in [6.45, 7) is 11.2. The summed E-state index contributed by atoms with van der Waals surface area (Å²) in [6.07, 6.45) is -1.66. The van der Waals surface area contributed by atoms with E-state index in [1.807, 2.05) is 41.5 Å². The van der Waals surface area contributed by atoms with Crippen LogP contribution < -0.4 is 0 Å². The van der Waals surface area contributed by atoms with Gasteiger partial charge in [0.2, 0.25) is 0 Å². The topological polar surface area (TPSA) is 0 Å². The van der Waals surface area contributed by atoms with E-state index in [1.165, 1.54) is 0 Å². The predicted octanol–water partition coefficient (Wildman–Crippen LogP) is 4.25. The van der Waals surface area contributed by atoms with Gasteiger partial charge in [0, 0.05) is 0 Å². The highest BCUT2D eigenvalue weighted by Crippen LogP contribution is 2.40. The lowest BCUT2D eigenvalue weighted by Gasteiger charge is -2.41. The second-order valence-electron chi connectivity index (χ2n) is 4.33. The van der Waals surface area contributed by atoms with E-state index in [1.54, 1.807) is 0 Å². The van der Waals surface area contributed by atoms with Crippen molar-refractivity contribution in [3.63, 3.8) is 0 Å². The Morgan fingerprint density at radius 2 is 0.714 bits per heavy atom. The summed E-state index contributed by atoms with van der Waals surface area (Å²) in [5, 5.41) is 0. The molecule has 0 heterocycles. The minimum absolute atomic E-state index is 0.133. The number of alkyl halides is 2. The Morgan fingerprint density at radius 3 is 0.857 bits per heavy atom. The fourth-order valence-corrected chi connectivity index (χ4v) is 2.12. The lowest BCUT2D eigenvalue weighted by atomic mass is 9.68. The van der Waals surface area contributed by atoms with Crippen LogP contribution in [-0.4, -0.2) is 12.3 Å². The summed E-state index contributed by atoms with van der Waals surface area (Å²) >= 11 is 0. The van der Waals surface area contributed by atoms with Gasteiger partial charge in [-0.3, -0.25) is 0 Å². The molecular weight excluding hydrogens is 182 g/mol. The van der Waals surface area contributed by atoms with Gasteiger partial charge in [-0.2, -0.15) is 0 Å². The van der Waals surface area contributed by atoms with Crippen LogP contribution in [0.3, 0.4) is 0 Å². The van der Waals surface area contributed by atoms with Gasteiger partial charge in [-0.25, -0.2) is 8.78 Å². The minimum Gasteiger partial charge on any atom is -0.247 e. The molecular formula is C12H24F2. The normalized spacial score (nSPS) is 48.0. The maximum Gasteiger partial charge on any atom is 0.106 e. The van der Waals surface area contributed by atoms with Gasteiger partial charge in [-0.05, 0) is 23.7 Å². The molecule has 0 radical (unpaired) electrons. The van der Waals surface area contributed by atoms with Crippen molar-refractivity contribution < 1.29 is 8.78 Å². The first-order chi connectivity index (χ1) is 6.46. The van der Waals surface area contributed by atoms with Crippen molar-refractivity contribution in [2.45, 2.75) is 53.9 Å². The van der Waals surface area contributed by atoms with Crippen LogP contribution in [0.4, 0.5) is 8.78 Å². The van der Waals surface area contributed by atoms with E-state index in [4.69, 9.17) is 0 Å². The van der Waals surface area contributed by atoms with Crippen LogP contribution in [0.25, 0.3) is 0 Å². The Labute approximate surface area is 87.1 Å². The third-order valence-electron chi connectivity index (χ3n) is 3.67. The third kappa shape index (κ3) is 2.46. The minimum atomic E-state index is -0.831. The van der Waals surface area contributed by atoms with E-state index in [-0.39, 0.29) is 23.7 Å². The highest BCUT2D eigenvalue weighted by atomic mass is 19.1. The van der Waals surface area contributed by atoms with Crippen LogP contribution in [0.1, 0.15) is 41.5 Å². The van der Waals surface area contributed by atoms with Crippen LogP contribution in [-0.2, 0) is 0 Å². The van der Waals surface area contributed by atoms with Gasteiger partial charge in [0.05, 0.1) is 0 Å². The molecule has 4 atom stereocenters. The van der Waals surface area contributed by atoms with E-state index in [0.29, 0.717) is 0 Å². The summed E-state index contributed by atoms with van der Waals surface area (Å²) in [5.41, 5.74) is 0. The molecule has 0 aromatic carbocycles. The fourth-order valence-electron chi connectivity index (χ4n) is 2.12. The summed E-state index contributed by atoms with van der Waals surface area (Å²) in [4.78, 5) is 0. The SMILES string of the molecule is CC.CC1C(C)C(F)C(C)C(C)C1F. The van der Waals surface area contributed by atoms with Crippen molar-refractivity contribution in [2.24, 2.45) is 23.7 Å². The largest absolute Gasteiger partial charge is 0.247 e. The highest BCUT2D eigenvalue weighted by Gasteiger charge is 2.43. The quantitative estimate of drug-likeness (QED) is 0.556. The van der Waals surface area contributed by atoms with Crippen molar-refractivity contribution in [2.75, 3.05) is 0 Å².